The zero-order chi connectivity index (χ0) is 26.2. The molecule has 4 aromatic rings. The van der Waals surface area contributed by atoms with Gasteiger partial charge in [-0.05, 0) is 68.7 Å². The topological polar surface area (TPSA) is 54.0 Å². The number of hydrogen-bond acceptors (Lipinski definition) is 5. The average Bonchev–Trinajstić information content (AvgIpc) is 3.09. The minimum atomic E-state index is -0.544. The van der Waals surface area contributed by atoms with E-state index in [1.807, 2.05) is 107 Å². The van der Waals surface area contributed by atoms with Crippen LogP contribution in [-0.4, -0.2) is 24.3 Å². The number of carbonyl (C=O) groups is 1. The van der Waals surface area contributed by atoms with Crippen LogP contribution in [-0.2, 0) is 15.9 Å². The van der Waals surface area contributed by atoms with Crippen molar-refractivity contribution in [1.82, 2.24) is 0 Å². The lowest BCUT2D eigenvalue weighted by Gasteiger charge is -2.32. The molecule has 188 valence electrons. The molecule has 0 amide bonds. The van der Waals surface area contributed by atoms with Crippen LogP contribution in [0.15, 0.2) is 84.9 Å². The molecule has 1 fully saturated rings. The highest BCUT2D eigenvalue weighted by Crippen LogP contribution is 2.39. The summed E-state index contributed by atoms with van der Waals surface area (Å²) in [5.41, 5.74) is 2.11. The van der Waals surface area contributed by atoms with E-state index in [2.05, 4.69) is 0 Å². The summed E-state index contributed by atoms with van der Waals surface area (Å²) in [5.74, 6) is 0.500. The Morgan fingerprint density at radius 3 is 2.08 bits per heavy atom. The maximum Gasteiger partial charge on any atom is 0.495 e. The van der Waals surface area contributed by atoms with Gasteiger partial charge in [-0.3, -0.25) is 0 Å². The van der Waals surface area contributed by atoms with Crippen LogP contribution in [0.2, 0.25) is 0 Å². The van der Waals surface area contributed by atoms with Gasteiger partial charge in [0.15, 0.2) is 0 Å². The maximum atomic E-state index is 13.5. The highest BCUT2D eigenvalue weighted by molar-refractivity contribution is 6.65. The molecule has 0 aliphatic carbocycles. The molecule has 1 saturated heterocycles. The second-order valence-electron chi connectivity index (χ2n) is 10.4. The first-order chi connectivity index (χ1) is 17.7. The van der Waals surface area contributed by atoms with Crippen LogP contribution >= 0.6 is 0 Å². The molecule has 6 heteroatoms. The zero-order valence-electron chi connectivity index (χ0n) is 21.9. The van der Waals surface area contributed by atoms with Crippen LogP contribution in [0.3, 0.4) is 0 Å². The normalized spacial score (nSPS) is 16.1. The Kier molecular flexibility index (Phi) is 6.57. The Morgan fingerprint density at radius 2 is 1.43 bits per heavy atom. The van der Waals surface area contributed by atoms with Crippen molar-refractivity contribution in [3.05, 3.63) is 102 Å². The third kappa shape index (κ3) is 4.87. The van der Waals surface area contributed by atoms with Crippen LogP contribution in [0.4, 0.5) is 0 Å². The molecular weight excluding hydrogens is 463 g/mol. The number of esters is 1. The number of benzene rings is 4. The summed E-state index contributed by atoms with van der Waals surface area (Å²) in [7, 11) is -0.544. The SMILES string of the molecule is Cc1cc2c(B3OC(C)(C)C(C)(C)O3)cccc2c(OCc2ccccc2)c1C(=O)Oc1ccccc1. The Morgan fingerprint density at radius 1 is 0.811 bits per heavy atom. The molecule has 0 spiro atoms. The summed E-state index contributed by atoms with van der Waals surface area (Å²) in [6.45, 7) is 10.4. The molecule has 5 nitrogen and oxygen atoms in total. The van der Waals surface area contributed by atoms with Crippen molar-refractivity contribution in [2.75, 3.05) is 0 Å². The van der Waals surface area contributed by atoms with Crippen LogP contribution in [0, 0.1) is 6.92 Å². The van der Waals surface area contributed by atoms with Crippen molar-refractivity contribution in [3.63, 3.8) is 0 Å². The lowest BCUT2D eigenvalue weighted by molar-refractivity contribution is 0.00578. The quantitative estimate of drug-likeness (QED) is 0.180. The highest BCUT2D eigenvalue weighted by atomic mass is 16.7. The molecule has 0 saturated carbocycles. The fourth-order valence-electron chi connectivity index (χ4n) is 4.50. The van der Waals surface area contributed by atoms with Gasteiger partial charge < -0.3 is 18.8 Å². The maximum absolute atomic E-state index is 13.5. The van der Waals surface area contributed by atoms with E-state index in [0.717, 1.165) is 27.4 Å². The van der Waals surface area contributed by atoms with Gasteiger partial charge in [0.05, 0.1) is 11.2 Å². The number of aryl methyl sites for hydroxylation is 1. The molecule has 0 atom stereocenters. The minimum absolute atomic E-state index is 0.311. The van der Waals surface area contributed by atoms with Gasteiger partial charge in [0, 0.05) is 5.39 Å². The van der Waals surface area contributed by atoms with Gasteiger partial charge in [0.25, 0.3) is 0 Å². The average molecular weight is 494 g/mol. The van der Waals surface area contributed by atoms with E-state index in [-0.39, 0.29) is 0 Å². The molecule has 1 heterocycles. The van der Waals surface area contributed by atoms with Crippen molar-refractivity contribution in [3.8, 4) is 11.5 Å². The third-order valence-electron chi connectivity index (χ3n) is 7.26. The Labute approximate surface area is 218 Å². The Bertz CT molecular complexity index is 1410. The molecule has 1 aliphatic heterocycles. The predicted molar refractivity (Wildman–Crippen MR) is 147 cm³/mol. The van der Waals surface area contributed by atoms with Gasteiger partial charge in [-0.2, -0.15) is 0 Å². The number of para-hydroxylation sites is 1. The molecule has 37 heavy (non-hydrogen) atoms. The first-order valence-electron chi connectivity index (χ1n) is 12.5. The fraction of sp³-hybridized carbons (Fsp3) is 0.258. The predicted octanol–water partition coefficient (Wildman–Crippen LogP) is 6.25. The lowest BCUT2D eigenvalue weighted by atomic mass is 9.75. The number of carbonyl (C=O) groups excluding carboxylic acids is 1. The Hall–Kier alpha value is -3.61. The van der Waals surface area contributed by atoms with E-state index in [4.69, 9.17) is 18.8 Å². The van der Waals surface area contributed by atoms with E-state index >= 15 is 0 Å². The van der Waals surface area contributed by atoms with Crippen molar-refractivity contribution in [2.24, 2.45) is 0 Å². The molecule has 5 rings (SSSR count). The lowest BCUT2D eigenvalue weighted by Crippen LogP contribution is -2.41. The molecule has 1 aliphatic rings. The van der Waals surface area contributed by atoms with Crippen molar-refractivity contribution < 1.29 is 23.6 Å². The van der Waals surface area contributed by atoms with Gasteiger partial charge in [-0.15, -0.1) is 0 Å². The van der Waals surface area contributed by atoms with Gasteiger partial charge in [0.1, 0.15) is 23.7 Å². The van der Waals surface area contributed by atoms with Gasteiger partial charge in [0.2, 0.25) is 0 Å². The third-order valence-corrected chi connectivity index (χ3v) is 7.26. The summed E-state index contributed by atoms with van der Waals surface area (Å²) in [4.78, 5) is 13.5. The van der Waals surface area contributed by atoms with Crippen LogP contribution in [0.1, 0.15) is 49.2 Å². The molecule has 0 bridgehead atoms. The zero-order valence-corrected chi connectivity index (χ0v) is 21.9. The van der Waals surface area contributed by atoms with E-state index < -0.39 is 24.3 Å². The monoisotopic (exact) mass is 494 g/mol. The number of fused-ring (bicyclic) bond motifs is 1. The first kappa shape index (κ1) is 25.1. The van der Waals surface area contributed by atoms with E-state index in [0.29, 0.717) is 23.7 Å². The van der Waals surface area contributed by atoms with Crippen molar-refractivity contribution in [2.45, 2.75) is 52.4 Å². The van der Waals surface area contributed by atoms with Crippen molar-refractivity contribution >= 4 is 29.3 Å². The number of rotatable bonds is 6. The second-order valence-corrected chi connectivity index (χ2v) is 10.4. The van der Waals surface area contributed by atoms with Gasteiger partial charge in [-0.25, -0.2) is 4.79 Å². The van der Waals surface area contributed by atoms with Gasteiger partial charge >= 0.3 is 13.1 Å². The molecule has 0 radical (unpaired) electrons. The van der Waals surface area contributed by atoms with E-state index in [1.54, 1.807) is 12.1 Å². The molecule has 0 aromatic heterocycles. The largest absolute Gasteiger partial charge is 0.495 e. The summed E-state index contributed by atoms with van der Waals surface area (Å²) in [5, 5.41) is 1.71. The van der Waals surface area contributed by atoms with E-state index in [9.17, 15) is 4.79 Å². The highest BCUT2D eigenvalue weighted by Gasteiger charge is 2.52. The molecular formula is C31H31BO5. The number of ether oxygens (including phenoxy) is 2. The molecule has 0 unspecified atom stereocenters. The Balaban J connectivity index is 1.62. The van der Waals surface area contributed by atoms with Crippen LogP contribution < -0.4 is 14.9 Å². The van der Waals surface area contributed by atoms with Gasteiger partial charge in [-0.1, -0.05) is 72.8 Å². The second kappa shape index (κ2) is 9.69. The standard InChI is InChI=1S/C31H31BO5/c1-21-19-25-24(17-12-18-26(25)32-36-30(2,3)31(4,5)37-32)28(34-20-22-13-8-6-9-14-22)27(21)29(33)35-23-15-10-7-11-16-23/h6-19H,20H2,1-5H3. The summed E-state index contributed by atoms with van der Waals surface area (Å²) in [6, 6.07) is 26.9. The minimum Gasteiger partial charge on any atom is -0.487 e. The smallest absolute Gasteiger partial charge is 0.487 e. The number of hydrogen-bond donors (Lipinski definition) is 0. The summed E-state index contributed by atoms with van der Waals surface area (Å²) in [6.07, 6.45) is 0. The fourth-order valence-corrected chi connectivity index (χ4v) is 4.50. The van der Waals surface area contributed by atoms with E-state index in [1.165, 1.54) is 0 Å². The first-order valence-corrected chi connectivity index (χ1v) is 12.5. The van der Waals surface area contributed by atoms with Crippen LogP contribution in [0.5, 0.6) is 11.5 Å². The summed E-state index contributed by atoms with van der Waals surface area (Å²) < 4.78 is 24.9. The summed E-state index contributed by atoms with van der Waals surface area (Å²) >= 11 is 0. The van der Waals surface area contributed by atoms with Crippen molar-refractivity contribution in [1.29, 1.82) is 0 Å². The molecule has 0 N–H and O–H groups in total. The molecule has 4 aromatic carbocycles. The van der Waals surface area contributed by atoms with Crippen LogP contribution in [0.25, 0.3) is 10.8 Å².